The van der Waals surface area contributed by atoms with Gasteiger partial charge < -0.3 is 14.8 Å². The molecule has 0 radical (unpaired) electrons. The van der Waals surface area contributed by atoms with E-state index in [-0.39, 0.29) is 11.5 Å². The first-order valence-corrected chi connectivity index (χ1v) is 9.64. The second-order valence-corrected chi connectivity index (χ2v) is 8.19. The van der Waals surface area contributed by atoms with Crippen molar-refractivity contribution in [3.05, 3.63) is 26.6 Å². The fourth-order valence-corrected chi connectivity index (χ4v) is 4.74. The van der Waals surface area contributed by atoms with Crippen molar-refractivity contribution in [1.82, 2.24) is 19.8 Å². The summed E-state index contributed by atoms with van der Waals surface area (Å²) in [5.41, 5.74) is 0.591. The van der Waals surface area contributed by atoms with E-state index in [1.165, 1.54) is 30.6 Å². The van der Waals surface area contributed by atoms with Crippen LogP contribution in [0.1, 0.15) is 53.2 Å². The van der Waals surface area contributed by atoms with Gasteiger partial charge in [0.05, 0.1) is 16.8 Å². The largest absolute Gasteiger partial charge is 0.338 e. The Morgan fingerprint density at radius 3 is 2.56 bits per heavy atom. The second-order valence-electron chi connectivity index (χ2n) is 7.19. The first-order valence-electron chi connectivity index (χ1n) is 8.82. The number of H-pyrrole nitrogens is 1. The summed E-state index contributed by atoms with van der Waals surface area (Å²) in [7, 11) is 5.74. The van der Waals surface area contributed by atoms with Crippen LogP contribution in [0, 0.1) is 6.92 Å². The monoisotopic (exact) mass is 362 g/mol. The van der Waals surface area contributed by atoms with Crippen molar-refractivity contribution in [2.24, 2.45) is 0 Å². The fourth-order valence-electron chi connectivity index (χ4n) is 3.56. The minimum Gasteiger partial charge on any atom is -0.338 e. The molecule has 1 saturated carbocycles. The van der Waals surface area contributed by atoms with Gasteiger partial charge in [0, 0.05) is 13.1 Å². The van der Waals surface area contributed by atoms with Crippen LogP contribution in [0.2, 0.25) is 0 Å². The number of aromatic amines is 1. The van der Waals surface area contributed by atoms with Crippen molar-refractivity contribution in [1.29, 1.82) is 0 Å². The minimum atomic E-state index is -0.157. The molecule has 0 saturated heterocycles. The standard InChI is InChI=1S/C18H26N4O2S/c1-11-14-16(23)19-13(10-21(2)3)20-17(14)25-15(11)18(24)22(4)12-8-6-5-7-9-12/h12H,5-10H2,1-4H3,(H,19,20,23). The summed E-state index contributed by atoms with van der Waals surface area (Å²) in [5.74, 6) is 0.643. The van der Waals surface area contributed by atoms with Gasteiger partial charge in [-0.2, -0.15) is 0 Å². The third-order valence-corrected chi connectivity index (χ3v) is 6.13. The van der Waals surface area contributed by atoms with Crippen LogP contribution >= 0.6 is 11.3 Å². The molecule has 6 nitrogen and oxygen atoms in total. The first-order chi connectivity index (χ1) is 11.9. The molecule has 1 amide bonds. The van der Waals surface area contributed by atoms with E-state index < -0.39 is 0 Å². The molecule has 25 heavy (non-hydrogen) atoms. The van der Waals surface area contributed by atoms with Gasteiger partial charge in [-0.1, -0.05) is 19.3 Å². The van der Waals surface area contributed by atoms with Gasteiger partial charge >= 0.3 is 0 Å². The highest BCUT2D eigenvalue weighted by molar-refractivity contribution is 7.20. The maximum Gasteiger partial charge on any atom is 0.264 e. The molecule has 1 fully saturated rings. The van der Waals surface area contributed by atoms with E-state index in [1.54, 1.807) is 0 Å². The van der Waals surface area contributed by atoms with Crippen LogP contribution in [0.25, 0.3) is 10.2 Å². The predicted octanol–water partition coefficient (Wildman–Crippen LogP) is 2.76. The first kappa shape index (κ1) is 18.1. The fraction of sp³-hybridized carbons (Fsp3) is 0.611. The van der Waals surface area contributed by atoms with Gasteiger partial charge in [0.15, 0.2) is 0 Å². The Kier molecular flexibility index (Phi) is 5.24. The SMILES string of the molecule is Cc1c(C(=O)N(C)C2CCCCC2)sc2nc(CN(C)C)[nH]c(=O)c12. The number of amides is 1. The Balaban J connectivity index is 1.96. The molecular weight excluding hydrogens is 336 g/mol. The Labute approximate surface area is 151 Å². The summed E-state index contributed by atoms with van der Waals surface area (Å²) in [5, 5.41) is 0.549. The summed E-state index contributed by atoms with van der Waals surface area (Å²) < 4.78 is 0. The third kappa shape index (κ3) is 3.62. The Morgan fingerprint density at radius 2 is 1.92 bits per heavy atom. The van der Waals surface area contributed by atoms with Gasteiger partial charge in [0.2, 0.25) is 0 Å². The van der Waals surface area contributed by atoms with E-state index in [4.69, 9.17) is 0 Å². The molecule has 0 spiro atoms. The molecule has 0 aromatic carbocycles. The quantitative estimate of drug-likeness (QED) is 0.908. The number of carbonyl (C=O) groups excluding carboxylic acids is 1. The van der Waals surface area contributed by atoms with Crippen molar-refractivity contribution in [2.45, 2.75) is 51.6 Å². The summed E-state index contributed by atoms with van der Waals surface area (Å²) in [6, 6.07) is 0.307. The highest BCUT2D eigenvalue weighted by atomic mass is 32.1. The molecule has 1 aliphatic carbocycles. The molecular formula is C18H26N4O2S. The number of thiophene rings is 1. The zero-order chi connectivity index (χ0) is 18.1. The van der Waals surface area contributed by atoms with E-state index in [9.17, 15) is 9.59 Å². The Morgan fingerprint density at radius 1 is 1.24 bits per heavy atom. The molecule has 2 heterocycles. The summed E-state index contributed by atoms with van der Waals surface area (Å²) >= 11 is 1.34. The molecule has 7 heteroatoms. The van der Waals surface area contributed by atoms with Crippen LogP contribution in [0.15, 0.2) is 4.79 Å². The molecule has 0 aliphatic heterocycles. The molecule has 0 bridgehead atoms. The number of rotatable bonds is 4. The van der Waals surface area contributed by atoms with Crippen LogP contribution in [0.4, 0.5) is 0 Å². The molecule has 136 valence electrons. The highest BCUT2D eigenvalue weighted by Crippen LogP contribution is 2.30. The number of fused-ring (bicyclic) bond motifs is 1. The molecule has 0 atom stereocenters. The lowest BCUT2D eigenvalue weighted by Gasteiger charge is -2.31. The van der Waals surface area contributed by atoms with Crippen LogP contribution in [-0.4, -0.2) is 52.9 Å². The smallest absolute Gasteiger partial charge is 0.264 e. The topological polar surface area (TPSA) is 69.3 Å². The molecule has 0 unspecified atom stereocenters. The van der Waals surface area contributed by atoms with E-state index >= 15 is 0 Å². The lowest BCUT2D eigenvalue weighted by molar-refractivity contribution is 0.0700. The summed E-state index contributed by atoms with van der Waals surface area (Å²) in [4.78, 5) is 38.0. The number of carbonyl (C=O) groups is 1. The third-order valence-electron chi connectivity index (χ3n) is 4.95. The lowest BCUT2D eigenvalue weighted by atomic mass is 9.94. The van der Waals surface area contributed by atoms with E-state index in [2.05, 4.69) is 9.97 Å². The van der Waals surface area contributed by atoms with Crippen molar-refractivity contribution < 1.29 is 4.79 Å². The second kappa shape index (κ2) is 7.25. The zero-order valence-electron chi connectivity index (χ0n) is 15.4. The van der Waals surface area contributed by atoms with Crippen LogP contribution in [-0.2, 0) is 6.54 Å². The lowest BCUT2D eigenvalue weighted by Crippen LogP contribution is -2.38. The zero-order valence-corrected chi connectivity index (χ0v) is 16.2. The van der Waals surface area contributed by atoms with Gasteiger partial charge in [-0.25, -0.2) is 4.98 Å². The molecule has 2 aromatic rings. The number of aromatic nitrogens is 2. The van der Waals surface area contributed by atoms with Gasteiger partial charge in [-0.3, -0.25) is 9.59 Å². The molecule has 1 N–H and O–H groups in total. The Hall–Kier alpha value is -1.73. The van der Waals surface area contributed by atoms with E-state index in [1.807, 2.05) is 37.9 Å². The number of aryl methyl sites for hydroxylation is 1. The van der Waals surface area contributed by atoms with Gasteiger partial charge in [0.1, 0.15) is 10.7 Å². The van der Waals surface area contributed by atoms with Crippen LogP contribution < -0.4 is 5.56 Å². The normalized spacial score (nSPS) is 15.9. The van der Waals surface area contributed by atoms with Crippen molar-refractivity contribution >= 4 is 27.5 Å². The van der Waals surface area contributed by atoms with Gasteiger partial charge in [-0.05, 0) is 39.4 Å². The molecule has 1 aliphatic rings. The molecule has 3 rings (SSSR count). The predicted molar refractivity (Wildman–Crippen MR) is 101 cm³/mol. The minimum absolute atomic E-state index is 0.0148. The molecule has 2 aromatic heterocycles. The maximum atomic E-state index is 13.0. The van der Waals surface area contributed by atoms with Crippen LogP contribution in [0.3, 0.4) is 0 Å². The van der Waals surface area contributed by atoms with Crippen LogP contribution in [0.5, 0.6) is 0 Å². The van der Waals surface area contributed by atoms with Crippen molar-refractivity contribution in [3.63, 3.8) is 0 Å². The van der Waals surface area contributed by atoms with Gasteiger partial charge in [0.25, 0.3) is 11.5 Å². The van der Waals surface area contributed by atoms with E-state index in [0.29, 0.717) is 33.5 Å². The summed E-state index contributed by atoms with van der Waals surface area (Å²) in [6.07, 6.45) is 5.76. The van der Waals surface area contributed by atoms with Gasteiger partial charge in [-0.15, -0.1) is 11.3 Å². The number of nitrogens with one attached hydrogen (secondary N) is 1. The average molecular weight is 362 g/mol. The number of hydrogen-bond donors (Lipinski definition) is 1. The number of hydrogen-bond acceptors (Lipinski definition) is 5. The highest BCUT2D eigenvalue weighted by Gasteiger charge is 2.27. The van der Waals surface area contributed by atoms with Crippen molar-refractivity contribution in [3.8, 4) is 0 Å². The Bertz CT molecular complexity index is 833. The summed E-state index contributed by atoms with van der Waals surface area (Å²) in [6.45, 7) is 2.41. The van der Waals surface area contributed by atoms with E-state index in [0.717, 1.165) is 18.4 Å². The van der Waals surface area contributed by atoms with Crippen molar-refractivity contribution in [2.75, 3.05) is 21.1 Å². The number of nitrogens with zero attached hydrogens (tertiary/aromatic N) is 3. The average Bonchev–Trinajstić information content (AvgIpc) is 2.90. The maximum absolute atomic E-state index is 13.0.